The van der Waals surface area contributed by atoms with Gasteiger partial charge in [0.2, 0.25) is 5.78 Å². The molecule has 4 atom stereocenters. The number of rotatable bonds is 8. The van der Waals surface area contributed by atoms with Gasteiger partial charge < -0.3 is 24.6 Å². The minimum Gasteiger partial charge on any atom is -0.450 e. The van der Waals surface area contributed by atoms with E-state index >= 15 is 0 Å². The Morgan fingerprint density at radius 3 is 2.49 bits per heavy atom. The Hall–Kier alpha value is -4.19. The van der Waals surface area contributed by atoms with E-state index in [0.717, 1.165) is 26.8 Å². The molecule has 2 bridgehead atoms. The highest BCUT2D eigenvalue weighted by molar-refractivity contribution is 7.21. The van der Waals surface area contributed by atoms with E-state index in [0.29, 0.717) is 60.9 Å². The highest BCUT2D eigenvalue weighted by Crippen LogP contribution is 2.59. The van der Waals surface area contributed by atoms with Crippen LogP contribution in [0.2, 0.25) is 0 Å². The van der Waals surface area contributed by atoms with E-state index in [2.05, 4.69) is 10.8 Å². The van der Waals surface area contributed by atoms with Gasteiger partial charge in [-0.15, -0.1) is 24.5 Å². The number of ketones is 1. The number of aliphatic hydroxyl groups is 2. The van der Waals surface area contributed by atoms with Crippen LogP contribution in [0, 0.1) is 5.41 Å². The lowest BCUT2D eigenvalue weighted by Gasteiger charge is -2.46. The number of allylic oxidation sites excluding steroid dienone is 2. The van der Waals surface area contributed by atoms with E-state index in [1.807, 2.05) is 62.4 Å². The van der Waals surface area contributed by atoms with E-state index in [1.54, 1.807) is 6.92 Å². The number of hydrogen-bond donors (Lipinski definition) is 2. The van der Waals surface area contributed by atoms with Gasteiger partial charge >= 0.3 is 12.5 Å². The van der Waals surface area contributed by atoms with Crippen molar-refractivity contribution in [3.05, 3.63) is 112 Å². The van der Waals surface area contributed by atoms with Gasteiger partial charge in [-0.2, -0.15) is 0 Å². The molecule has 0 saturated heterocycles. The number of benzene rings is 3. The van der Waals surface area contributed by atoms with Crippen molar-refractivity contribution in [1.29, 1.82) is 0 Å². The molecule has 0 radical (unpaired) electrons. The molecular weight excluding hydrogens is 704 g/mol. The molecule has 0 spiro atoms. The Balaban J connectivity index is 1.39. The Morgan fingerprint density at radius 1 is 1.02 bits per heavy atom. The normalized spacial score (nSPS) is 23.6. The van der Waals surface area contributed by atoms with Crippen molar-refractivity contribution < 1.29 is 42.4 Å². The van der Waals surface area contributed by atoms with E-state index in [9.17, 15) is 33.0 Å². The number of carbonyl (C=O) groups is 2. The second-order valence-corrected chi connectivity index (χ2v) is 15.8. The molecule has 0 aliphatic heterocycles. The third kappa shape index (κ3) is 8.63. The molecule has 1 saturated carbocycles. The van der Waals surface area contributed by atoms with E-state index < -0.39 is 29.6 Å². The van der Waals surface area contributed by atoms with Gasteiger partial charge in [-0.25, -0.2) is 4.79 Å². The summed E-state index contributed by atoms with van der Waals surface area (Å²) in [5.41, 5.74) is 1.67. The highest BCUT2D eigenvalue weighted by atomic mass is 32.1. The second kappa shape index (κ2) is 15.7. The molecule has 11 heteroatoms. The third-order valence-electron chi connectivity index (χ3n) is 11.1. The number of hydrogen-bond acceptors (Lipinski definition) is 7. The number of fused-ring (bicyclic) bond motifs is 9. The average molecular weight is 750 g/mol. The van der Waals surface area contributed by atoms with Gasteiger partial charge in [0.1, 0.15) is 5.75 Å². The van der Waals surface area contributed by atoms with Crippen molar-refractivity contribution in [1.82, 2.24) is 4.90 Å². The molecule has 3 aliphatic carbocycles. The summed E-state index contributed by atoms with van der Waals surface area (Å²) in [4.78, 5) is 30.0. The fraction of sp³-hybridized carbons (Fsp3) is 0.429. The van der Waals surface area contributed by atoms with Gasteiger partial charge in [-0.1, -0.05) is 61.0 Å². The molecule has 282 valence electrons. The zero-order chi connectivity index (χ0) is 38.0. The van der Waals surface area contributed by atoms with Crippen LogP contribution < -0.4 is 4.74 Å². The lowest BCUT2D eigenvalue weighted by atomic mass is 9.64. The van der Waals surface area contributed by atoms with E-state index in [1.165, 1.54) is 40.5 Å². The summed E-state index contributed by atoms with van der Waals surface area (Å²) < 4.78 is 48.8. The van der Waals surface area contributed by atoms with Gasteiger partial charge in [0.25, 0.3) is 0 Å². The molecule has 1 amide bonds. The number of alkyl halides is 3. The smallest absolute Gasteiger partial charge is 0.450 e. The minimum absolute atomic E-state index is 0.0140. The Morgan fingerprint density at radius 2 is 1.77 bits per heavy atom. The van der Waals surface area contributed by atoms with Gasteiger partial charge in [0, 0.05) is 22.2 Å². The maximum Gasteiger partial charge on any atom is 0.573 e. The number of thiophene rings is 1. The number of ether oxygens (including phenoxy) is 2. The van der Waals surface area contributed by atoms with Gasteiger partial charge in [-0.05, 0) is 117 Å². The summed E-state index contributed by atoms with van der Waals surface area (Å²) in [6, 6.07) is 21.0. The number of amides is 1. The van der Waals surface area contributed by atoms with Crippen LogP contribution in [0.25, 0.3) is 10.1 Å². The van der Waals surface area contributed by atoms with E-state index in [-0.39, 0.29) is 37.1 Å². The number of nitrogens with zero attached hydrogens (tertiary/aromatic N) is 1. The summed E-state index contributed by atoms with van der Waals surface area (Å²) in [5, 5.41) is 24.8. The summed E-state index contributed by atoms with van der Waals surface area (Å²) in [7, 11) is 0. The number of carbonyl (C=O) groups excluding carboxylic acids is 2. The van der Waals surface area contributed by atoms with Crippen molar-refractivity contribution in [2.45, 2.75) is 96.2 Å². The fourth-order valence-electron chi connectivity index (χ4n) is 8.16. The van der Waals surface area contributed by atoms with Gasteiger partial charge in [-0.3, -0.25) is 4.79 Å². The predicted molar refractivity (Wildman–Crippen MR) is 199 cm³/mol. The summed E-state index contributed by atoms with van der Waals surface area (Å²) in [6.45, 7) is 5.76. The second-order valence-electron chi connectivity index (χ2n) is 14.7. The molecular formula is C42H46F3NO6S. The molecule has 7 nitrogen and oxygen atoms in total. The van der Waals surface area contributed by atoms with Gasteiger partial charge in [0.05, 0.1) is 29.7 Å². The van der Waals surface area contributed by atoms with Crippen LogP contribution >= 0.6 is 11.3 Å². The van der Waals surface area contributed by atoms with Crippen LogP contribution in [-0.2, 0) is 17.7 Å². The highest BCUT2D eigenvalue weighted by Gasteiger charge is 2.58. The summed E-state index contributed by atoms with van der Waals surface area (Å²) in [5.74, 6) is -0.748. The lowest BCUT2D eigenvalue weighted by molar-refractivity contribution is -0.274. The SMILES string of the molecule is CCOC(=O)N(Cc1ccc(OC(F)(F)F)cc1)C[C@]1(O)CC[C@H]2c3ccc(cc3C(=O)c3cc4ccccc4s3)C[C@@H](O)CCC(C)=CCC[C@@]21C. The Kier molecular flexibility index (Phi) is 11.4. The predicted octanol–water partition coefficient (Wildman–Crippen LogP) is 9.73. The molecule has 1 fully saturated rings. The van der Waals surface area contributed by atoms with Crippen molar-refractivity contribution >= 4 is 33.3 Å². The maximum absolute atomic E-state index is 14.5. The molecule has 4 aromatic rings. The molecule has 3 aromatic carbocycles. The first-order valence-electron chi connectivity index (χ1n) is 18.2. The zero-order valence-electron chi connectivity index (χ0n) is 30.2. The van der Waals surface area contributed by atoms with Crippen molar-refractivity contribution in [2.75, 3.05) is 13.2 Å². The standard InChI is InChI=1S/C42H46F3NO6S/c1-4-51-39(49)46(25-28-12-16-32(17-13-28)52-42(43,44)45)26-41(50)21-19-35-33-18-14-29(22-31(47)15-11-27(2)8-7-20-40(35,41)3)23-34(33)38(48)37-24-30-9-5-6-10-36(30)53-37/h5-6,8-10,12-14,16-18,23-24,31,35,47,50H,4,7,11,15,19-22,25-26H2,1-3H3/t31-,35-,40-,41+/m0/s1. The molecule has 1 aromatic heterocycles. The molecule has 1 heterocycles. The third-order valence-corrected chi connectivity index (χ3v) is 12.2. The lowest BCUT2D eigenvalue weighted by Crippen LogP contribution is -2.53. The fourth-order valence-corrected chi connectivity index (χ4v) is 9.17. The largest absolute Gasteiger partial charge is 0.573 e. The molecule has 7 rings (SSSR count). The topological polar surface area (TPSA) is 96.3 Å². The maximum atomic E-state index is 14.5. The van der Waals surface area contributed by atoms with Gasteiger partial charge in [0.15, 0.2) is 0 Å². The van der Waals surface area contributed by atoms with Crippen molar-refractivity contribution in [3.63, 3.8) is 0 Å². The summed E-state index contributed by atoms with van der Waals surface area (Å²) >= 11 is 1.44. The van der Waals surface area contributed by atoms with Crippen LogP contribution in [0.5, 0.6) is 5.75 Å². The molecule has 3 aliphatic rings. The van der Waals surface area contributed by atoms with Crippen molar-refractivity contribution in [2.24, 2.45) is 5.41 Å². The monoisotopic (exact) mass is 749 g/mol. The first kappa shape index (κ1) is 38.5. The number of halogens is 3. The minimum atomic E-state index is -4.83. The van der Waals surface area contributed by atoms with Crippen LogP contribution in [-0.4, -0.2) is 58.2 Å². The van der Waals surface area contributed by atoms with Crippen LogP contribution in [0.3, 0.4) is 0 Å². The average Bonchev–Trinajstić information content (AvgIpc) is 3.65. The zero-order valence-corrected chi connectivity index (χ0v) is 31.1. The molecule has 0 unspecified atom stereocenters. The number of aliphatic hydroxyl groups excluding tert-OH is 1. The van der Waals surface area contributed by atoms with Crippen LogP contribution in [0.4, 0.5) is 18.0 Å². The first-order chi connectivity index (χ1) is 25.2. The quantitative estimate of drug-likeness (QED) is 0.138. The van der Waals surface area contributed by atoms with Crippen LogP contribution in [0.15, 0.2) is 84.4 Å². The van der Waals surface area contributed by atoms with Crippen molar-refractivity contribution in [3.8, 4) is 5.75 Å². The van der Waals surface area contributed by atoms with E-state index in [4.69, 9.17) is 4.74 Å². The first-order valence-corrected chi connectivity index (χ1v) is 19.0. The summed E-state index contributed by atoms with van der Waals surface area (Å²) in [6.07, 6.45) is -0.144. The van der Waals surface area contributed by atoms with Crippen LogP contribution in [0.1, 0.15) is 97.1 Å². The molecule has 53 heavy (non-hydrogen) atoms. The molecule has 2 N–H and O–H groups in total. The Labute approximate surface area is 312 Å². The Bertz CT molecular complexity index is 1940.